The van der Waals surface area contributed by atoms with Crippen molar-refractivity contribution in [2.24, 2.45) is 0 Å². The number of hydrogen-bond acceptors (Lipinski definition) is 4. The Labute approximate surface area is 192 Å². The van der Waals surface area contributed by atoms with Crippen LogP contribution in [0.2, 0.25) is 0 Å². The molecule has 0 saturated heterocycles. The smallest absolute Gasteiger partial charge is 0.264 e. The molecule has 0 spiro atoms. The molecule has 0 atom stereocenters. The van der Waals surface area contributed by atoms with Crippen molar-refractivity contribution in [1.29, 1.82) is 0 Å². The molecule has 3 aromatic rings. The largest absolute Gasteiger partial charge is 0.497 e. The molecule has 3 aromatic carbocycles. The second kappa shape index (κ2) is 9.75. The zero-order valence-electron chi connectivity index (χ0n) is 18.0. The van der Waals surface area contributed by atoms with E-state index in [9.17, 15) is 9.59 Å². The monoisotopic (exact) mass is 444 g/mol. The molecule has 0 unspecified atom stereocenters. The molecule has 0 bridgehead atoms. The highest BCUT2D eigenvalue weighted by atomic mass is 32.2. The first-order valence-electron chi connectivity index (χ1n) is 10.3. The van der Waals surface area contributed by atoms with Crippen LogP contribution in [0.3, 0.4) is 0 Å². The van der Waals surface area contributed by atoms with Crippen LogP contribution in [0.1, 0.15) is 21.5 Å². The summed E-state index contributed by atoms with van der Waals surface area (Å²) in [4.78, 5) is 28.7. The third kappa shape index (κ3) is 4.86. The van der Waals surface area contributed by atoms with Crippen molar-refractivity contribution in [3.63, 3.8) is 0 Å². The Balaban J connectivity index is 1.47. The molecule has 0 aliphatic carbocycles. The fraction of sp³-hybridized carbons (Fsp3) is 0.154. The molecule has 1 aliphatic rings. The average molecular weight is 445 g/mol. The molecular weight excluding hydrogens is 420 g/mol. The minimum absolute atomic E-state index is 0.0973. The maximum Gasteiger partial charge on any atom is 0.264 e. The number of amides is 2. The summed E-state index contributed by atoms with van der Waals surface area (Å²) in [7, 11) is 3.36. The van der Waals surface area contributed by atoms with Gasteiger partial charge in [-0.1, -0.05) is 54.2 Å². The topological polar surface area (TPSA) is 58.6 Å². The number of hydrogen-bond donors (Lipinski definition) is 1. The van der Waals surface area contributed by atoms with Gasteiger partial charge < -0.3 is 15.0 Å². The highest BCUT2D eigenvalue weighted by Gasteiger charge is 2.27. The Morgan fingerprint density at radius 3 is 2.53 bits per heavy atom. The van der Waals surface area contributed by atoms with Crippen molar-refractivity contribution in [3.05, 3.63) is 94.4 Å². The number of carbonyl (C=O) groups is 2. The summed E-state index contributed by atoms with van der Waals surface area (Å²) in [6.07, 6.45) is 2.64. The number of nitrogens with zero attached hydrogens (tertiary/aromatic N) is 1. The van der Waals surface area contributed by atoms with Crippen LogP contribution in [0.15, 0.2) is 82.6 Å². The molecule has 4 rings (SSSR count). The molecule has 0 fully saturated rings. The standard InChI is InChI=1S/C26H24N2O3S/c1-28-22-17-20(25(29)27-15-14-18-6-4-3-5-7-18)10-13-23(22)32-24(26(28)30)16-19-8-11-21(31-2)12-9-19/h3-13,16-17H,14-15H2,1-2H3,(H,27,29)/b24-16-. The van der Waals surface area contributed by atoms with Crippen LogP contribution in [0, 0.1) is 0 Å². The lowest BCUT2D eigenvalue weighted by molar-refractivity contribution is -0.114. The van der Waals surface area contributed by atoms with Gasteiger partial charge in [0.25, 0.3) is 11.8 Å². The first kappa shape index (κ1) is 21.7. The van der Waals surface area contributed by atoms with Crippen molar-refractivity contribution in [2.45, 2.75) is 11.3 Å². The number of ether oxygens (including phenoxy) is 1. The van der Waals surface area contributed by atoms with Gasteiger partial charge in [0.05, 0.1) is 17.7 Å². The number of nitrogens with one attached hydrogen (secondary N) is 1. The first-order valence-corrected chi connectivity index (χ1v) is 11.1. The maximum absolute atomic E-state index is 12.9. The van der Waals surface area contributed by atoms with Gasteiger partial charge in [-0.15, -0.1) is 0 Å². The van der Waals surface area contributed by atoms with Gasteiger partial charge >= 0.3 is 0 Å². The molecule has 6 heteroatoms. The van der Waals surface area contributed by atoms with Crippen molar-refractivity contribution >= 4 is 35.3 Å². The van der Waals surface area contributed by atoms with Crippen molar-refractivity contribution in [2.75, 3.05) is 25.6 Å². The molecule has 1 heterocycles. The average Bonchev–Trinajstić information content (AvgIpc) is 2.83. The molecule has 0 radical (unpaired) electrons. The molecule has 2 amide bonds. The molecule has 0 saturated carbocycles. The van der Waals surface area contributed by atoms with Crippen LogP contribution >= 0.6 is 11.8 Å². The summed E-state index contributed by atoms with van der Waals surface area (Å²) < 4.78 is 5.19. The van der Waals surface area contributed by atoms with Crippen molar-refractivity contribution < 1.29 is 14.3 Å². The van der Waals surface area contributed by atoms with Gasteiger partial charge in [0.15, 0.2) is 0 Å². The lowest BCUT2D eigenvalue weighted by Crippen LogP contribution is -2.31. The lowest BCUT2D eigenvalue weighted by atomic mass is 10.1. The van der Waals surface area contributed by atoms with Gasteiger partial charge in [0.2, 0.25) is 0 Å². The third-order valence-corrected chi connectivity index (χ3v) is 6.35. The number of rotatable bonds is 6. The molecule has 1 aliphatic heterocycles. The van der Waals surface area contributed by atoms with Gasteiger partial charge in [0.1, 0.15) is 5.75 Å². The minimum atomic E-state index is -0.144. The van der Waals surface area contributed by atoms with E-state index in [1.165, 1.54) is 17.3 Å². The molecular formula is C26H24N2O3S. The minimum Gasteiger partial charge on any atom is -0.497 e. The van der Waals surface area contributed by atoms with Crippen molar-refractivity contribution in [3.8, 4) is 5.75 Å². The van der Waals surface area contributed by atoms with Gasteiger partial charge in [-0.25, -0.2) is 0 Å². The van der Waals surface area contributed by atoms with E-state index in [1.54, 1.807) is 31.2 Å². The number of methoxy groups -OCH3 is 1. The number of carbonyl (C=O) groups excluding carboxylic acids is 2. The molecule has 5 nitrogen and oxygen atoms in total. The number of thioether (sulfide) groups is 1. The van der Waals surface area contributed by atoms with E-state index in [1.807, 2.05) is 66.7 Å². The summed E-state index contributed by atoms with van der Waals surface area (Å²) >= 11 is 1.42. The van der Waals surface area contributed by atoms with Gasteiger partial charge in [-0.3, -0.25) is 9.59 Å². The normalized spacial score (nSPS) is 14.2. The van der Waals surface area contributed by atoms with E-state index in [2.05, 4.69) is 5.32 Å². The number of fused-ring (bicyclic) bond motifs is 1. The van der Waals surface area contributed by atoms with E-state index in [0.717, 1.165) is 28.3 Å². The third-order valence-electron chi connectivity index (χ3n) is 5.27. The summed E-state index contributed by atoms with van der Waals surface area (Å²) in [6.45, 7) is 0.554. The number of benzene rings is 3. The summed E-state index contributed by atoms with van der Waals surface area (Å²) in [5.41, 5.74) is 3.38. The van der Waals surface area contributed by atoms with Gasteiger partial charge in [-0.2, -0.15) is 0 Å². The number of likely N-dealkylation sites (N-methyl/N-ethyl adjacent to an activating group) is 1. The van der Waals surface area contributed by atoms with E-state index < -0.39 is 0 Å². The van der Waals surface area contributed by atoms with Crippen LogP contribution in [0.25, 0.3) is 6.08 Å². The fourth-order valence-corrected chi connectivity index (χ4v) is 4.55. The highest BCUT2D eigenvalue weighted by molar-refractivity contribution is 8.04. The summed E-state index contributed by atoms with van der Waals surface area (Å²) in [5.74, 6) is 0.529. The van der Waals surface area contributed by atoms with E-state index in [4.69, 9.17) is 4.74 Å². The molecule has 32 heavy (non-hydrogen) atoms. The van der Waals surface area contributed by atoms with Crippen molar-refractivity contribution in [1.82, 2.24) is 5.32 Å². The lowest BCUT2D eigenvalue weighted by Gasteiger charge is -2.27. The second-order valence-electron chi connectivity index (χ2n) is 7.42. The van der Waals surface area contributed by atoms with Crippen LogP contribution in [0.5, 0.6) is 5.75 Å². The van der Waals surface area contributed by atoms with Crippen LogP contribution in [-0.4, -0.2) is 32.5 Å². The maximum atomic E-state index is 12.9. The van der Waals surface area contributed by atoms with E-state index >= 15 is 0 Å². The number of anilines is 1. The zero-order valence-corrected chi connectivity index (χ0v) is 18.8. The molecule has 1 N–H and O–H groups in total. The van der Waals surface area contributed by atoms with Gasteiger partial charge in [0, 0.05) is 24.1 Å². The predicted molar refractivity (Wildman–Crippen MR) is 129 cm³/mol. The Hall–Kier alpha value is -3.51. The fourth-order valence-electron chi connectivity index (χ4n) is 3.45. The zero-order chi connectivity index (χ0) is 22.5. The summed E-state index contributed by atoms with van der Waals surface area (Å²) in [6, 6.07) is 23.1. The van der Waals surface area contributed by atoms with E-state index in [0.29, 0.717) is 17.0 Å². The SMILES string of the molecule is COc1ccc(/C=C2\Sc3ccc(C(=O)NCCc4ccccc4)cc3N(C)C2=O)cc1. The van der Waals surface area contributed by atoms with E-state index in [-0.39, 0.29) is 11.8 Å². The van der Waals surface area contributed by atoms with Crippen LogP contribution < -0.4 is 15.0 Å². The second-order valence-corrected chi connectivity index (χ2v) is 8.51. The predicted octanol–water partition coefficient (Wildman–Crippen LogP) is 4.78. The Kier molecular flexibility index (Phi) is 6.61. The Morgan fingerprint density at radius 1 is 1.06 bits per heavy atom. The Morgan fingerprint density at radius 2 is 1.81 bits per heavy atom. The molecule has 162 valence electrons. The first-order chi connectivity index (χ1) is 15.5. The van der Waals surface area contributed by atoms with Gasteiger partial charge in [-0.05, 0) is 54.0 Å². The molecule has 0 aromatic heterocycles. The highest BCUT2D eigenvalue weighted by Crippen LogP contribution is 2.42. The van der Waals surface area contributed by atoms with Crippen LogP contribution in [0.4, 0.5) is 5.69 Å². The Bertz CT molecular complexity index is 1160. The summed E-state index contributed by atoms with van der Waals surface area (Å²) in [5, 5.41) is 2.96. The quantitative estimate of drug-likeness (QED) is 0.556. The van der Waals surface area contributed by atoms with Crippen LogP contribution in [-0.2, 0) is 11.2 Å².